The molecule has 0 saturated heterocycles. The fourth-order valence-electron chi connectivity index (χ4n) is 2.71. The van der Waals surface area contributed by atoms with E-state index in [1.165, 1.54) is 5.56 Å². The summed E-state index contributed by atoms with van der Waals surface area (Å²) in [6, 6.07) is 7.28. The molecule has 5 heteroatoms. The zero-order chi connectivity index (χ0) is 15.9. The number of carbonyl (C=O) groups excluding carboxylic acids is 2. The molecule has 2 rings (SSSR count). The van der Waals surface area contributed by atoms with Crippen LogP contribution in [0.15, 0.2) is 24.3 Å². The van der Waals surface area contributed by atoms with Crippen molar-refractivity contribution in [3.63, 3.8) is 0 Å². The Morgan fingerprint density at radius 2 is 2.00 bits per heavy atom. The first-order chi connectivity index (χ1) is 10.6. The molecule has 22 heavy (non-hydrogen) atoms. The summed E-state index contributed by atoms with van der Waals surface area (Å²) in [5.74, 6) is -0.322. The summed E-state index contributed by atoms with van der Waals surface area (Å²) in [5, 5.41) is 8.38. The highest BCUT2D eigenvalue weighted by Crippen LogP contribution is 2.17. The lowest BCUT2D eigenvalue weighted by molar-refractivity contribution is -0.120. The Labute approximate surface area is 131 Å². The van der Waals surface area contributed by atoms with Crippen LogP contribution in [0.1, 0.15) is 45.1 Å². The summed E-state index contributed by atoms with van der Waals surface area (Å²) in [7, 11) is 0. The summed E-state index contributed by atoms with van der Waals surface area (Å²) < 4.78 is 0. The van der Waals surface area contributed by atoms with E-state index in [9.17, 15) is 9.59 Å². The molecular formula is C17H25N3O2. The van der Waals surface area contributed by atoms with E-state index in [4.69, 9.17) is 0 Å². The molecule has 0 aliphatic heterocycles. The van der Waals surface area contributed by atoms with E-state index in [0.29, 0.717) is 0 Å². The average molecular weight is 303 g/mol. The molecule has 0 radical (unpaired) electrons. The van der Waals surface area contributed by atoms with Crippen molar-refractivity contribution in [1.29, 1.82) is 0 Å². The van der Waals surface area contributed by atoms with Gasteiger partial charge in [-0.05, 0) is 43.9 Å². The molecule has 0 heterocycles. The van der Waals surface area contributed by atoms with Gasteiger partial charge in [-0.15, -0.1) is 0 Å². The highest BCUT2D eigenvalue weighted by Gasteiger charge is 2.20. The van der Waals surface area contributed by atoms with Crippen LogP contribution < -0.4 is 16.0 Å². The first kappa shape index (κ1) is 16.3. The lowest BCUT2D eigenvalue weighted by Crippen LogP contribution is -2.48. The predicted octanol–water partition coefficient (Wildman–Crippen LogP) is 2.82. The maximum atomic E-state index is 12.1. The van der Waals surface area contributed by atoms with Crippen LogP contribution in [0.3, 0.4) is 0 Å². The van der Waals surface area contributed by atoms with Crippen LogP contribution in [0.5, 0.6) is 0 Å². The van der Waals surface area contributed by atoms with Crippen molar-refractivity contribution in [2.24, 2.45) is 0 Å². The Morgan fingerprint density at radius 3 is 2.68 bits per heavy atom. The highest BCUT2D eigenvalue weighted by molar-refractivity contribution is 5.98. The van der Waals surface area contributed by atoms with E-state index >= 15 is 0 Å². The van der Waals surface area contributed by atoms with Gasteiger partial charge in [-0.2, -0.15) is 0 Å². The van der Waals surface area contributed by atoms with Gasteiger partial charge in [-0.25, -0.2) is 4.79 Å². The van der Waals surface area contributed by atoms with Gasteiger partial charge in [0.15, 0.2) is 0 Å². The number of amides is 3. The van der Waals surface area contributed by atoms with Crippen LogP contribution >= 0.6 is 0 Å². The summed E-state index contributed by atoms with van der Waals surface area (Å²) in [4.78, 5) is 23.8. The van der Waals surface area contributed by atoms with Gasteiger partial charge in [0.05, 0.1) is 0 Å². The summed E-state index contributed by atoms with van der Waals surface area (Å²) in [6.07, 6.45) is 5.23. The number of nitrogens with one attached hydrogen (secondary N) is 3. The zero-order valence-corrected chi connectivity index (χ0v) is 13.3. The van der Waals surface area contributed by atoms with Gasteiger partial charge in [-0.1, -0.05) is 31.9 Å². The smallest absolute Gasteiger partial charge is 0.321 e. The minimum Gasteiger partial charge on any atom is -0.374 e. The number of imide groups is 1. The van der Waals surface area contributed by atoms with Crippen LogP contribution in [0.2, 0.25) is 0 Å². The van der Waals surface area contributed by atoms with Crippen molar-refractivity contribution in [1.82, 2.24) is 10.6 Å². The third-order valence-electron chi connectivity index (χ3n) is 4.04. The number of hydrogen-bond donors (Lipinski definition) is 3. The molecule has 5 nitrogen and oxygen atoms in total. The van der Waals surface area contributed by atoms with E-state index in [-0.39, 0.29) is 11.9 Å². The Bertz CT molecular complexity index is 524. The average Bonchev–Trinajstić information content (AvgIpc) is 3.00. The van der Waals surface area contributed by atoms with E-state index in [0.717, 1.165) is 37.8 Å². The second kappa shape index (κ2) is 7.82. The minimum absolute atomic E-state index is 0.206. The fraction of sp³-hybridized carbons (Fsp3) is 0.529. The maximum absolute atomic E-state index is 12.1. The fourth-order valence-corrected chi connectivity index (χ4v) is 2.71. The SMILES string of the molecule is CCc1cccc(NC(C)C(=O)NC(=O)NC2CCCC2)c1. The molecule has 1 saturated carbocycles. The molecular weight excluding hydrogens is 278 g/mol. The van der Waals surface area contributed by atoms with E-state index in [1.807, 2.05) is 24.3 Å². The topological polar surface area (TPSA) is 70.2 Å². The van der Waals surface area contributed by atoms with Crippen molar-refractivity contribution in [3.05, 3.63) is 29.8 Å². The highest BCUT2D eigenvalue weighted by atomic mass is 16.2. The van der Waals surface area contributed by atoms with E-state index < -0.39 is 12.1 Å². The standard InChI is InChI=1S/C17H25N3O2/c1-3-13-7-6-10-15(11-13)18-12(2)16(21)20-17(22)19-14-8-4-5-9-14/h6-7,10-12,14,18H,3-5,8-9H2,1-2H3,(H2,19,20,21,22). The molecule has 1 atom stereocenters. The molecule has 1 aliphatic rings. The number of carbonyl (C=O) groups is 2. The number of hydrogen-bond acceptors (Lipinski definition) is 3. The molecule has 1 aromatic rings. The number of urea groups is 1. The quantitative estimate of drug-likeness (QED) is 0.783. The Morgan fingerprint density at radius 1 is 1.27 bits per heavy atom. The van der Waals surface area contributed by atoms with Crippen molar-refractivity contribution < 1.29 is 9.59 Å². The molecule has 1 aromatic carbocycles. The first-order valence-corrected chi connectivity index (χ1v) is 8.05. The molecule has 3 amide bonds. The number of aryl methyl sites for hydroxylation is 1. The summed E-state index contributed by atoms with van der Waals surface area (Å²) >= 11 is 0. The van der Waals surface area contributed by atoms with Gasteiger partial charge in [0.2, 0.25) is 5.91 Å². The molecule has 3 N–H and O–H groups in total. The van der Waals surface area contributed by atoms with Gasteiger partial charge >= 0.3 is 6.03 Å². The maximum Gasteiger partial charge on any atom is 0.321 e. The minimum atomic E-state index is -0.471. The summed E-state index contributed by atoms with van der Waals surface area (Å²) in [5.41, 5.74) is 2.09. The van der Waals surface area contributed by atoms with Gasteiger partial charge in [0, 0.05) is 11.7 Å². The molecule has 1 unspecified atom stereocenters. The van der Waals surface area contributed by atoms with Crippen LogP contribution in [0, 0.1) is 0 Å². The number of benzene rings is 1. The Hall–Kier alpha value is -2.04. The van der Waals surface area contributed by atoms with Crippen LogP contribution in [0.4, 0.5) is 10.5 Å². The lowest BCUT2D eigenvalue weighted by Gasteiger charge is -2.17. The van der Waals surface area contributed by atoms with Crippen molar-refractivity contribution in [2.45, 2.75) is 58.0 Å². The largest absolute Gasteiger partial charge is 0.374 e. The van der Waals surface area contributed by atoms with Crippen molar-refractivity contribution >= 4 is 17.6 Å². The normalized spacial score (nSPS) is 16.1. The van der Waals surface area contributed by atoms with Crippen LogP contribution in [-0.4, -0.2) is 24.0 Å². The van der Waals surface area contributed by atoms with Gasteiger partial charge in [-0.3, -0.25) is 10.1 Å². The second-order valence-corrected chi connectivity index (χ2v) is 5.86. The Balaban J connectivity index is 1.81. The predicted molar refractivity (Wildman–Crippen MR) is 87.8 cm³/mol. The molecule has 1 aliphatic carbocycles. The van der Waals surface area contributed by atoms with Crippen LogP contribution in [0.25, 0.3) is 0 Å². The molecule has 1 fully saturated rings. The van der Waals surface area contributed by atoms with E-state index in [2.05, 4.69) is 22.9 Å². The molecule has 0 spiro atoms. The zero-order valence-electron chi connectivity index (χ0n) is 13.3. The molecule has 0 bridgehead atoms. The summed E-state index contributed by atoms with van der Waals surface area (Å²) in [6.45, 7) is 3.83. The molecule has 0 aromatic heterocycles. The van der Waals surface area contributed by atoms with Gasteiger partial charge < -0.3 is 10.6 Å². The van der Waals surface area contributed by atoms with Crippen molar-refractivity contribution in [3.8, 4) is 0 Å². The van der Waals surface area contributed by atoms with Crippen molar-refractivity contribution in [2.75, 3.05) is 5.32 Å². The van der Waals surface area contributed by atoms with Crippen LogP contribution in [-0.2, 0) is 11.2 Å². The molecule has 120 valence electrons. The second-order valence-electron chi connectivity index (χ2n) is 5.86. The first-order valence-electron chi connectivity index (χ1n) is 8.05. The number of rotatable bonds is 5. The Kier molecular flexibility index (Phi) is 5.81. The number of anilines is 1. The monoisotopic (exact) mass is 303 g/mol. The third kappa shape index (κ3) is 4.76. The lowest BCUT2D eigenvalue weighted by atomic mass is 10.1. The third-order valence-corrected chi connectivity index (χ3v) is 4.04. The van der Waals surface area contributed by atoms with Gasteiger partial charge in [0.1, 0.15) is 6.04 Å². The van der Waals surface area contributed by atoms with E-state index in [1.54, 1.807) is 6.92 Å². The van der Waals surface area contributed by atoms with Gasteiger partial charge in [0.25, 0.3) is 0 Å².